The van der Waals surface area contributed by atoms with Gasteiger partial charge in [0.25, 0.3) is 5.88 Å². The van der Waals surface area contributed by atoms with Crippen LogP contribution < -0.4 is 10.1 Å². The molecule has 26 heavy (non-hydrogen) atoms. The zero-order valence-electron chi connectivity index (χ0n) is 14.2. The molecule has 0 spiro atoms. The van der Waals surface area contributed by atoms with Gasteiger partial charge < -0.3 is 19.3 Å². The van der Waals surface area contributed by atoms with E-state index in [-0.39, 0.29) is 5.41 Å². The molecule has 1 aromatic carbocycles. The van der Waals surface area contributed by atoms with Crippen molar-refractivity contribution in [3.63, 3.8) is 0 Å². The molecule has 4 heterocycles. The van der Waals surface area contributed by atoms with Crippen molar-refractivity contribution < 1.29 is 14.0 Å². The quantitative estimate of drug-likeness (QED) is 0.569. The summed E-state index contributed by atoms with van der Waals surface area (Å²) in [6.07, 6.45) is 1.74. The minimum atomic E-state index is 0.0563. The first-order chi connectivity index (χ1) is 12.7. The molecule has 0 aliphatic carbocycles. The molecule has 3 aromatic heterocycles. The summed E-state index contributed by atoms with van der Waals surface area (Å²) in [5.41, 5.74) is 3.19. The molecule has 0 saturated carbocycles. The van der Waals surface area contributed by atoms with Crippen LogP contribution in [-0.2, 0) is 4.74 Å². The van der Waals surface area contributed by atoms with Gasteiger partial charge >= 0.3 is 0 Å². The Morgan fingerprint density at radius 1 is 1.31 bits per heavy atom. The minimum Gasteiger partial charge on any atom is -0.474 e. The van der Waals surface area contributed by atoms with Gasteiger partial charge in [0.15, 0.2) is 11.4 Å². The van der Waals surface area contributed by atoms with E-state index in [0.29, 0.717) is 37.1 Å². The first kappa shape index (κ1) is 15.2. The number of aromatic amines is 1. The van der Waals surface area contributed by atoms with Crippen LogP contribution in [0, 0.1) is 5.41 Å². The Balaban J connectivity index is 1.38. The first-order valence-electron chi connectivity index (χ1n) is 8.36. The van der Waals surface area contributed by atoms with E-state index in [1.54, 1.807) is 6.20 Å². The molecule has 8 nitrogen and oxygen atoms in total. The molecular formula is C18H17N5O3. The third kappa shape index (κ3) is 2.55. The fourth-order valence-electron chi connectivity index (χ4n) is 2.95. The number of aromatic nitrogens is 4. The van der Waals surface area contributed by atoms with Crippen LogP contribution in [0.3, 0.4) is 0 Å². The standard InChI is InChI=1S/C18H17N5O3/c1-18(8-24-9-18)10-25-17-12-5-4-11(7-14(12)26-23-17)20-16-15-13(21-22-16)3-2-6-19-15/h2-7H,8-10H2,1H3,(H2,20,21,22). The van der Waals surface area contributed by atoms with Crippen LogP contribution in [0.5, 0.6) is 5.88 Å². The van der Waals surface area contributed by atoms with Crippen LogP contribution in [0.25, 0.3) is 22.0 Å². The van der Waals surface area contributed by atoms with E-state index in [1.807, 2.05) is 30.3 Å². The summed E-state index contributed by atoms with van der Waals surface area (Å²) < 4.78 is 16.5. The van der Waals surface area contributed by atoms with E-state index in [0.717, 1.165) is 22.1 Å². The lowest BCUT2D eigenvalue weighted by molar-refractivity contribution is -0.120. The number of pyridine rings is 1. The van der Waals surface area contributed by atoms with Crippen molar-refractivity contribution in [3.05, 3.63) is 36.5 Å². The molecule has 1 aliphatic heterocycles. The molecule has 0 radical (unpaired) electrons. The van der Waals surface area contributed by atoms with Crippen molar-refractivity contribution in [2.24, 2.45) is 5.41 Å². The molecule has 0 unspecified atom stereocenters. The minimum absolute atomic E-state index is 0.0563. The van der Waals surface area contributed by atoms with Gasteiger partial charge in [0.2, 0.25) is 0 Å². The van der Waals surface area contributed by atoms with Gasteiger partial charge in [-0.15, -0.1) is 0 Å². The highest BCUT2D eigenvalue weighted by Crippen LogP contribution is 2.32. The lowest BCUT2D eigenvalue weighted by atomic mass is 9.90. The number of benzene rings is 1. The zero-order valence-corrected chi connectivity index (χ0v) is 14.2. The lowest BCUT2D eigenvalue weighted by Crippen LogP contribution is -2.44. The smallest absolute Gasteiger partial charge is 0.262 e. The highest BCUT2D eigenvalue weighted by atomic mass is 16.5. The normalized spacial score (nSPS) is 15.9. The van der Waals surface area contributed by atoms with Crippen molar-refractivity contribution in [2.75, 3.05) is 25.1 Å². The SMILES string of the molecule is CC1(COc2noc3cc(Nc4n[nH]c5cccnc45)ccc23)COC1. The fourth-order valence-corrected chi connectivity index (χ4v) is 2.95. The number of nitrogens with zero attached hydrogens (tertiary/aromatic N) is 3. The molecule has 0 atom stereocenters. The van der Waals surface area contributed by atoms with Gasteiger partial charge in [-0.05, 0) is 29.4 Å². The Hall–Kier alpha value is -3.13. The number of hydrogen-bond acceptors (Lipinski definition) is 7. The number of hydrogen-bond donors (Lipinski definition) is 2. The summed E-state index contributed by atoms with van der Waals surface area (Å²) >= 11 is 0. The van der Waals surface area contributed by atoms with Crippen LogP contribution in [0.2, 0.25) is 0 Å². The van der Waals surface area contributed by atoms with Crippen LogP contribution in [0.15, 0.2) is 41.1 Å². The molecule has 0 bridgehead atoms. The molecule has 132 valence electrons. The fraction of sp³-hybridized carbons (Fsp3) is 0.278. The van der Waals surface area contributed by atoms with E-state index in [9.17, 15) is 0 Å². The Labute approximate surface area is 148 Å². The van der Waals surface area contributed by atoms with E-state index < -0.39 is 0 Å². The predicted octanol–water partition coefficient (Wildman–Crippen LogP) is 3.26. The molecular weight excluding hydrogens is 334 g/mol. The Morgan fingerprint density at radius 3 is 3.08 bits per heavy atom. The van der Waals surface area contributed by atoms with Gasteiger partial charge in [0.1, 0.15) is 5.52 Å². The Bertz CT molecular complexity index is 1080. The molecule has 1 aliphatic rings. The van der Waals surface area contributed by atoms with Gasteiger partial charge in [0, 0.05) is 23.4 Å². The highest BCUT2D eigenvalue weighted by molar-refractivity contribution is 5.90. The van der Waals surface area contributed by atoms with E-state index >= 15 is 0 Å². The van der Waals surface area contributed by atoms with Crippen molar-refractivity contribution in [1.82, 2.24) is 20.3 Å². The summed E-state index contributed by atoms with van der Waals surface area (Å²) in [5.74, 6) is 1.17. The van der Waals surface area contributed by atoms with Crippen LogP contribution in [0.1, 0.15) is 6.92 Å². The van der Waals surface area contributed by atoms with E-state index in [4.69, 9.17) is 14.0 Å². The largest absolute Gasteiger partial charge is 0.474 e. The molecule has 8 heteroatoms. The third-order valence-electron chi connectivity index (χ3n) is 4.48. The topological polar surface area (TPSA) is 98.1 Å². The van der Waals surface area contributed by atoms with Gasteiger partial charge in [-0.25, -0.2) is 0 Å². The van der Waals surface area contributed by atoms with Crippen molar-refractivity contribution in [2.45, 2.75) is 6.92 Å². The second-order valence-electron chi connectivity index (χ2n) is 6.89. The monoisotopic (exact) mass is 351 g/mol. The van der Waals surface area contributed by atoms with Gasteiger partial charge in [0.05, 0.1) is 30.7 Å². The second kappa shape index (κ2) is 5.70. The summed E-state index contributed by atoms with van der Waals surface area (Å²) in [7, 11) is 0. The number of H-pyrrole nitrogens is 1. The van der Waals surface area contributed by atoms with E-state index in [1.165, 1.54) is 0 Å². The summed E-state index contributed by atoms with van der Waals surface area (Å²) in [6.45, 7) is 4.10. The van der Waals surface area contributed by atoms with Crippen LogP contribution >= 0.6 is 0 Å². The number of rotatable bonds is 5. The molecule has 2 N–H and O–H groups in total. The zero-order chi connectivity index (χ0) is 17.6. The van der Waals surface area contributed by atoms with Crippen molar-refractivity contribution in [1.29, 1.82) is 0 Å². The molecule has 0 amide bonds. The maximum Gasteiger partial charge on any atom is 0.262 e. The van der Waals surface area contributed by atoms with Crippen LogP contribution in [0.4, 0.5) is 11.5 Å². The van der Waals surface area contributed by atoms with Gasteiger partial charge in [-0.2, -0.15) is 5.10 Å². The van der Waals surface area contributed by atoms with Gasteiger partial charge in [-0.1, -0.05) is 6.92 Å². The lowest BCUT2D eigenvalue weighted by Gasteiger charge is -2.37. The second-order valence-corrected chi connectivity index (χ2v) is 6.89. The number of anilines is 2. The average Bonchev–Trinajstić information content (AvgIpc) is 3.23. The first-order valence-corrected chi connectivity index (χ1v) is 8.36. The number of nitrogens with one attached hydrogen (secondary N) is 2. The Kier molecular flexibility index (Phi) is 3.32. The summed E-state index contributed by atoms with van der Waals surface area (Å²) in [4.78, 5) is 4.34. The van der Waals surface area contributed by atoms with Gasteiger partial charge in [-0.3, -0.25) is 10.1 Å². The maximum atomic E-state index is 5.84. The Morgan fingerprint density at radius 2 is 2.23 bits per heavy atom. The van der Waals surface area contributed by atoms with Crippen LogP contribution in [-0.4, -0.2) is 40.2 Å². The number of fused-ring (bicyclic) bond motifs is 2. The average molecular weight is 351 g/mol. The summed E-state index contributed by atoms with van der Waals surface area (Å²) in [6, 6.07) is 9.52. The number of ether oxygens (including phenoxy) is 2. The third-order valence-corrected chi connectivity index (χ3v) is 4.48. The molecule has 4 aromatic rings. The predicted molar refractivity (Wildman–Crippen MR) is 95.6 cm³/mol. The van der Waals surface area contributed by atoms with Crippen molar-refractivity contribution in [3.8, 4) is 5.88 Å². The van der Waals surface area contributed by atoms with Crippen molar-refractivity contribution >= 4 is 33.5 Å². The maximum absolute atomic E-state index is 5.84. The summed E-state index contributed by atoms with van der Waals surface area (Å²) in [5, 5.41) is 15.4. The molecule has 1 fully saturated rings. The molecule has 5 rings (SSSR count). The molecule has 1 saturated heterocycles. The highest BCUT2D eigenvalue weighted by Gasteiger charge is 2.34. The van der Waals surface area contributed by atoms with E-state index in [2.05, 4.69) is 32.6 Å².